The minimum absolute atomic E-state index is 0.173. The Morgan fingerprint density at radius 3 is 2.74 bits per heavy atom. The Kier molecular flexibility index (Phi) is 5.07. The van der Waals surface area contributed by atoms with Crippen LogP contribution in [0.4, 0.5) is 11.4 Å². The molecule has 27 heavy (non-hydrogen) atoms. The summed E-state index contributed by atoms with van der Waals surface area (Å²) >= 11 is 0. The molecule has 1 aliphatic heterocycles. The number of fused-ring (bicyclic) bond motifs is 1. The highest BCUT2D eigenvalue weighted by Crippen LogP contribution is 2.35. The normalized spacial score (nSPS) is 13.0. The van der Waals surface area contributed by atoms with E-state index in [2.05, 4.69) is 5.32 Å². The van der Waals surface area contributed by atoms with E-state index in [1.807, 2.05) is 32.0 Å². The lowest BCUT2D eigenvalue weighted by Gasteiger charge is -2.28. The van der Waals surface area contributed by atoms with E-state index in [-0.39, 0.29) is 30.4 Å². The Labute approximate surface area is 155 Å². The van der Waals surface area contributed by atoms with Gasteiger partial charge in [0.05, 0.1) is 10.6 Å². The lowest BCUT2D eigenvalue weighted by atomic mass is 10.1. The van der Waals surface area contributed by atoms with Crippen molar-refractivity contribution in [1.82, 2.24) is 5.32 Å². The van der Waals surface area contributed by atoms with Gasteiger partial charge < -0.3 is 10.1 Å². The summed E-state index contributed by atoms with van der Waals surface area (Å²) in [4.78, 5) is 36.2. The third-order valence-corrected chi connectivity index (χ3v) is 4.37. The predicted molar refractivity (Wildman–Crippen MR) is 98.7 cm³/mol. The van der Waals surface area contributed by atoms with Crippen molar-refractivity contribution < 1.29 is 19.2 Å². The van der Waals surface area contributed by atoms with Crippen molar-refractivity contribution in [3.8, 4) is 5.75 Å². The molecule has 0 fully saturated rings. The molecule has 0 bridgehead atoms. The third kappa shape index (κ3) is 4.05. The van der Waals surface area contributed by atoms with Gasteiger partial charge in [-0.3, -0.25) is 24.6 Å². The van der Waals surface area contributed by atoms with Gasteiger partial charge in [-0.1, -0.05) is 23.8 Å². The Balaban J connectivity index is 1.73. The first-order chi connectivity index (χ1) is 12.8. The van der Waals surface area contributed by atoms with E-state index in [0.717, 1.165) is 16.7 Å². The van der Waals surface area contributed by atoms with Crippen LogP contribution in [0.15, 0.2) is 36.4 Å². The molecule has 2 aromatic carbocycles. The molecule has 0 saturated heterocycles. The molecule has 0 radical (unpaired) electrons. The number of benzene rings is 2. The molecule has 0 unspecified atom stereocenters. The number of hydrogen-bond donors (Lipinski definition) is 1. The number of non-ortho nitro benzene ring substituents is 1. The van der Waals surface area contributed by atoms with Crippen molar-refractivity contribution in [2.24, 2.45) is 0 Å². The lowest BCUT2D eigenvalue weighted by Crippen LogP contribution is -2.45. The van der Waals surface area contributed by atoms with E-state index in [9.17, 15) is 19.7 Å². The number of aryl methyl sites for hydroxylation is 2. The number of ether oxygens (including phenoxy) is 1. The number of anilines is 1. The second kappa shape index (κ2) is 7.45. The minimum Gasteiger partial charge on any atom is -0.482 e. The zero-order valence-corrected chi connectivity index (χ0v) is 15.0. The molecule has 8 nitrogen and oxygen atoms in total. The van der Waals surface area contributed by atoms with E-state index < -0.39 is 10.8 Å². The van der Waals surface area contributed by atoms with Crippen molar-refractivity contribution in [3.05, 3.63) is 63.2 Å². The van der Waals surface area contributed by atoms with Crippen LogP contribution in [0.25, 0.3) is 0 Å². The lowest BCUT2D eigenvalue weighted by molar-refractivity contribution is -0.384. The molecular weight excluding hydrogens is 350 g/mol. The summed E-state index contributed by atoms with van der Waals surface area (Å²) in [6, 6.07) is 9.92. The average Bonchev–Trinajstić information content (AvgIpc) is 2.63. The van der Waals surface area contributed by atoms with Crippen LogP contribution in [0.1, 0.15) is 16.7 Å². The van der Waals surface area contributed by atoms with Crippen molar-refractivity contribution >= 4 is 23.2 Å². The van der Waals surface area contributed by atoms with Crippen molar-refractivity contribution in [1.29, 1.82) is 0 Å². The molecule has 1 aliphatic rings. The van der Waals surface area contributed by atoms with Crippen LogP contribution in [0.5, 0.6) is 5.75 Å². The molecule has 0 aromatic heterocycles. The standard InChI is InChI=1S/C19H19N3O5/c1-12-3-4-14(13(2)7-12)9-20-18(23)10-21-16-8-15(22(25)26)5-6-17(16)27-11-19(21)24/h3-8H,9-11H2,1-2H3,(H,20,23). The van der Waals surface area contributed by atoms with Gasteiger partial charge in [0, 0.05) is 18.7 Å². The van der Waals surface area contributed by atoms with Crippen molar-refractivity contribution in [2.45, 2.75) is 20.4 Å². The van der Waals surface area contributed by atoms with E-state index in [4.69, 9.17) is 4.74 Å². The van der Waals surface area contributed by atoms with E-state index in [1.165, 1.54) is 23.1 Å². The van der Waals surface area contributed by atoms with E-state index >= 15 is 0 Å². The number of nitrogens with zero attached hydrogens (tertiary/aromatic N) is 2. The molecule has 1 N–H and O–H groups in total. The Morgan fingerprint density at radius 2 is 2.04 bits per heavy atom. The fourth-order valence-corrected chi connectivity index (χ4v) is 2.91. The number of amides is 2. The summed E-state index contributed by atoms with van der Waals surface area (Å²) in [5.41, 5.74) is 3.24. The highest BCUT2D eigenvalue weighted by atomic mass is 16.6. The van der Waals surface area contributed by atoms with Crippen LogP contribution in [0.3, 0.4) is 0 Å². The molecule has 0 spiro atoms. The quantitative estimate of drug-likeness (QED) is 0.643. The second-order valence-electron chi connectivity index (χ2n) is 6.38. The second-order valence-corrected chi connectivity index (χ2v) is 6.38. The van der Waals surface area contributed by atoms with Gasteiger partial charge in [0.2, 0.25) is 5.91 Å². The minimum atomic E-state index is -0.558. The zero-order chi connectivity index (χ0) is 19.6. The number of carbonyl (C=O) groups excluding carboxylic acids is 2. The fourth-order valence-electron chi connectivity index (χ4n) is 2.91. The summed E-state index contributed by atoms with van der Waals surface area (Å²) in [5, 5.41) is 13.8. The number of nitro benzene ring substituents is 1. The number of carbonyl (C=O) groups is 2. The zero-order valence-electron chi connectivity index (χ0n) is 15.0. The number of hydrogen-bond acceptors (Lipinski definition) is 5. The number of nitro groups is 1. The molecule has 3 rings (SSSR count). The van der Waals surface area contributed by atoms with Gasteiger partial charge >= 0.3 is 0 Å². The first-order valence-electron chi connectivity index (χ1n) is 8.39. The SMILES string of the molecule is Cc1ccc(CNC(=O)CN2C(=O)COc3ccc([N+](=O)[O-])cc32)c(C)c1. The van der Waals surface area contributed by atoms with Crippen LogP contribution < -0.4 is 15.0 Å². The maximum atomic E-state index is 12.4. The monoisotopic (exact) mass is 369 g/mol. The molecule has 2 aromatic rings. The third-order valence-electron chi connectivity index (χ3n) is 4.37. The Morgan fingerprint density at radius 1 is 1.26 bits per heavy atom. The van der Waals surface area contributed by atoms with Gasteiger partial charge in [-0.2, -0.15) is 0 Å². The highest BCUT2D eigenvalue weighted by Gasteiger charge is 2.29. The van der Waals surface area contributed by atoms with Crippen LogP contribution in [-0.2, 0) is 16.1 Å². The van der Waals surface area contributed by atoms with E-state index in [0.29, 0.717) is 12.3 Å². The topological polar surface area (TPSA) is 102 Å². The molecule has 2 amide bonds. The molecule has 1 heterocycles. The first-order valence-corrected chi connectivity index (χ1v) is 8.39. The molecule has 0 atom stereocenters. The summed E-state index contributed by atoms with van der Waals surface area (Å²) in [6.07, 6.45) is 0. The van der Waals surface area contributed by atoms with Gasteiger partial charge in [-0.25, -0.2) is 0 Å². The molecule has 140 valence electrons. The van der Waals surface area contributed by atoms with Crippen molar-refractivity contribution in [2.75, 3.05) is 18.1 Å². The Bertz CT molecular complexity index is 926. The van der Waals surface area contributed by atoms with Gasteiger partial charge in [-0.05, 0) is 31.0 Å². The van der Waals surface area contributed by atoms with Gasteiger partial charge in [0.1, 0.15) is 12.3 Å². The Hall–Kier alpha value is -3.42. The van der Waals surface area contributed by atoms with Crippen LogP contribution in [0.2, 0.25) is 0 Å². The predicted octanol–water partition coefficient (Wildman–Crippen LogP) is 2.25. The first kappa shape index (κ1) is 18.4. The summed E-state index contributed by atoms with van der Waals surface area (Å²) in [5.74, 6) is -0.449. The summed E-state index contributed by atoms with van der Waals surface area (Å²) in [6.45, 7) is 3.85. The fraction of sp³-hybridized carbons (Fsp3) is 0.263. The average molecular weight is 369 g/mol. The summed E-state index contributed by atoms with van der Waals surface area (Å²) < 4.78 is 5.29. The number of nitrogens with one attached hydrogen (secondary N) is 1. The smallest absolute Gasteiger partial charge is 0.271 e. The van der Waals surface area contributed by atoms with Crippen LogP contribution >= 0.6 is 0 Å². The maximum Gasteiger partial charge on any atom is 0.271 e. The molecule has 8 heteroatoms. The van der Waals surface area contributed by atoms with Crippen LogP contribution in [0, 0.1) is 24.0 Å². The van der Waals surface area contributed by atoms with Gasteiger partial charge in [-0.15, -0.1) is 0 Å². The van der Waals surface area contributed by atoms with E-state index in [1.54, 1.807) is 0 Å². The molecule has 0 saturated carbocycles. The van der Waals surface area contributed by atoms with Crippen LogP contribution in [-0.4, -0.2) is 29.9 Å². The largest absolute Gasteiger partial charge is 0.482 e. The maximum absolute atomic E-state index is 12.4. The van der Waals surface area contributed by atoms with Gasteiger partial charge in [0.25, 0.3) is 11.6 Å². The molecular formula is C19H19N3O5. The molecule has 0 aliphatic carbocycles. The summed E-state index contributed by atoms with van der Waals surface area (Å²) in [7, 11) is 0. The van der Waals surface area contributed by atoms with Crippen molar-refractivity contribution in [3.63, 3.8) is 0 Å². The number of rotatable bonds is 5. The highest BCUT2D eigenvalue weighted by molar-refractivity contribution is 6.02. The van der Waals surface area contributed by atoms with Gasteiger partial charge in [0.15, 0.2) is 6.61 Å².